The number of nitrogen functional groups attached to an aromatic ring is 1. The van der Waals surface area contributed by atoms with Crippen molar-refractivity contribution in [1.82, 2.24) is 19.8 Å². The molecule has 3 aromatic rings. The molecule has 0 unspecified atom stereocenters. The molecule has 0 bridgehead atoms. The summed E-state index contributed by atoms with van der Waals surface area (Å²) >= 11 is 1.33. The van der Waals surface area contributed by atoms with Crippen molar-refractivity contribution in [3.63, 3.8) is 0 Å². The first-order chi connectivity index (χ1) is 14.8. The Bertz CT molecular complexity index is 1000. The van der Waals surface area contributed by atoms with Crippen LogP contribution >= 0.6 is 11.8 Å². The molecule has 3 rings (SSSR count). The highest BCUT2D eigenvalue weighted by atomic mass is 32.2. The van der Waals surface area contributed by atoms with Gasteiger partial charge in [0, 0.05) is 18.7 Å². The lowest BCUT2D eigenvalue weighted by Crippen LogP contribution is -2.34. The van der Waals surface area contributed by atoms with E-state index in [1.54, 1.807) is 0 Å². The molecule has 0 aliphatic carbocycles. The average Bonchev–Trinajstić information content (AvgIpc) is 3.13. The normalized spacial score (nSPS) is 12.5. The van der Waals surface area contributed by atoms with Crippen molar-refractivity contribution in [3.8, 4) is 11.4 Å². The monoisotopic (exact) mass is 437 g/mol. The van der Waals surface area contributed by atoms with Crippen LogP contribution in [0.2, 0.25) is 0 Å². The van der Waals surface area contributed by atoms with Crippen molar-refractivity contribution in [1.29, 1.82) is 0 Å². The van der Waals surface area contributed by atoms with Crippen molar-refractivity contribution in [2.45, 2.75) is 50.4 Å². The molecule has 0 aliphatic heterocycles. The number of hydrogen-bond donors (Lipinski definition) is 1. The van der Waals surface area contributed by atoms with Gasteiger partial charge in [0.25, 0.3) is 0 Å². The maximum Gasteiger partial charge on any atom is 0.240 e. The third-order valence-corrected chi connectivity index (χ3v) is 6.50. The maximum absolute atomic E-state index is 13.2. The highest BCUT2D eigenvalue weighted by Gasteiger charge is 2.28. The Morgan fingerprint density at radius 3 is 2.19 bits per heavy atom. The van der Waals surface area contributed by atoms with Crippen LogP contribution in [-0.2, 0) is 10.2 Å². The van der Waals surface area contributed by atoms with Crippen LogP contribution in [0.3, 0.4) is 0 Å². The summed E-state index contributed by atoms with van der Waals surface area (Å²) in [5.74, 6) is 6.99. The quantitative estimate of drug-likeness (QED) is 0.430. The highest BCUT2D eigenvalue weighted by molar-refractivity contribution is 8.00. The molecule has 2 N–H and O–H groups in total. The average molecular weight is 438 g/mol. The Kier molecular flexibility index (Phi) is 7.05. The molecule has 1 amide bonds. The van der Waals surface area contributed by atoms with Crippen LogP contribution < -0.4 is 5.84 Å². The van der Waals surface area contributed by atoms with Crippen LogP contribution in [0, 0.1) is 0 Å². The number of hydrogen-bond acceptors (Lipinski definition) is 5. The minimum Gasteiger partial charge on any atom is -0.342 e. The van der Waals surface area contributed by atoms with E-state index in [1.807, 2.05) is 61.2 Å². The number of thioether (sulfide) groups is 1. The van der Waals surface area contributed by atoms with Gasteiger partial charge in [-0.3, -0.25) is 4.79 Å². The first-order valence-electron chi connectivity index (χ1n) is 10.6. The van der Waals surface area contributed by atoms with Crippen molar-refractivity contribution in [2.24, 2.45) is 0 Å². The smallest absolute Gasteiger partial charge is 0.240 e. The van der Waals surface area contributed by atoms with Crippen molar-refractivity contribution in [2.75, 3.05) is 18.9 Å². The van der Waals surface area contributed by atoms with Crippen LogP contribution in [-0.4, -0.2) is 38.8 Å². The molecule has 31 heavy (non-hydrogen) atoms. The molecule has 0 fully saturated rings. The van der Waals surface area contributed by atoms with Gasteiger partial charge in [-0.1, -0.05) is 87.1 Å². The summed E-state index contributed by atoms with van der Waals surface area (Å²) in [5, 5.41) is 8.68. The summed E-state index contributed by atoms with van der Waals surface area (Å²) < 4.78 is 1.47. The summed E-state index contributed by atoms with van der Waals surface area (Å²) in [4.78, 5) is 15.1. The lowest BCUT2D eigenvalue weighted by atomic mass is 9.87. The second-order valence-corrected chi connectivity index (χ2v) is 9.49. The Hall–Kier alpha value is -2.80. The van der Waals surface area contributed by atoms with Gasteiger partial charge in [-0.15, -0.1) is 10.2 Å². The zero-order valence-electron chi connectivity index (χ0n) is 18.9. The fourth-order valence-corrected chi connectivity index (χ4v) is 4.41. The second-order valence-electron chi connectivity index (χ2n) is 8.42. The summed E-state index contributed by atoms with van der Waals surface area (Å²) in [5.41, 5.74) is 3.12. The van der Waals surface area contributed by atoms with E-state index < -0.39 is 5.25 Å². The summed E-state index contributed by atoms with van der Waals surface area (Å²) in [7, 11) is 0. The number of benzene rings is 2. The lowest BCUT2D eigenvalue weighted by Gasteiger charge is -2.24. The summed E-state index contributed by atoms with van der Waals surface area (Å²) in [6, 6.07) is 17.9. The number of amides is 1. The Morgan fingerprint density at radius 2 is 1.65 bits per heavy atom. The molecule has 7 heteroatoms. The summed E-state index contributed by atoms with van der Waals surface area (Å²) in [6.07, 6.45) is 0. The Morgan fingerprint density at radius 1 is 1.03 bits per heavy atom. The molecule has 0 saturated carbocycles. The molecule has 0 spiro atoms. The fourth-order valence-electron chi connectivity index (χ4n) is 3.37. The van der Waals surface area contributed by atoms with Crippen molar-refractivity contribution >= 4 is 17.7 Å². The minimum absolute atomic E-state index is 0.0419. The highest BCUT2D eigenvalue weighted by Crippen LogP contribution is 2.36. The molecule has 2 aromatic carbocycles. The van der Waals surface area contributed by atoms with Gasteiger partial charge in [0.1, 0.15) is 5.25 Å². The van der Waals surface area contributed by atoms with Gasteiger partial charge in [-0.2, -0.15) is 0 Å². The van der Waals surface area contributed by atoms with Crippen LogP contribution in [0.25, 0.3) is 11.4 Å². The molecule has 6 nitrogen and oxygen atoms in total. The number of carbonyl (C=O) groups excluding carboxylic acids is 1. The third kappa shape index (κ3) is 5.10. The van der Waals surface area contributed by atoms with E-state index in [9.17, 15) is 4.79 Å². The van der Waals surface area contributed by atoms with E-state index in [4.69, 9.17) is 5.84 Å². The largest absolute Gasteiger partial charge is 0.342 e. The number of nitrogens with two attached hydrogens (primary N) is 1. The Balaban J connectivity index is 1.91. The van der Waals surface area contributed by atoms with Gasteiger partial charge in [0.2, 0.25) is 11.1 Å². The minimum atomic E-state index is -0.441. The van der Waals surface area contributed by atoms with E-state index in [-0.39, 0.29) is 11.3 Å². The third-order valence-electron chi connectivity index (χ3n) is 5.30. The number of nitrogens with zero attached hydrogens (tertiary/aromatic N) is 4. The number of rotatable bonds is 7. The first-order valence-corrected chi connectivity index (χ1v) is 11.5. The number of carbonyl (C=O) groups is 1. The molecule has 1 heterocycles. The molecule has 0 radical (unpaired) electrons. The van der Waals surface area contributed by atoms with Gasteiger partial charge in [-0.25, -0.2) is 4.68 Å². The molecule has 0 saturated heterocycles. The lowest BCUT2D eigenvalue weighted by molar-refractivity contribution is -0.130. The van der Waals surface area contributed by atoms with Gasteiger partial charge in [-0.05, 0) is 30.4 Å². The molecule has 0 aliphatic rings. The van der Waals surface area contributed by atoms with Crippen LogP contribution in [0.4, 0.5) is 0 Å². The predicted molar refractivity (Wildman–Crippen MR) is 127 cm³/mol. The van der Waals surface area contributed by atoms with E-state index in [2.05, 4.69) is 43.1 Å². The van der Waals surface area contributed by atoms with E-state index in [0.29, 0.717) is 24.1 Å². The van der Waals surface area contributed by atoms with Gasteiger partial charge in [0.15, 0.2) is 5.82 Å². The molecule has 164 valence electrons. The number of aromatic nitrogens is 3. The standard InChI is InChI=1S/C24H31N5OS/c1-6-28(7-2)22(30)20(17-11-9-8-10-12-17)31-23-27-26-21(29(23)25)18-13-15-19(16-14-18)24(3,4)5/h8-16,20H,6-7,25H2,1-5H3/t20-/m0/s1. The van der Waals surface area contributed by atoms with E-state index in [1.165, 1.54) is 22.0 Å². The molecular weight excluding hydrogens is 406 g/mol. The molecule has 1 atom stereocenters. The zero-order chi connectivity index (χ0) is 22.6. The topological polar surface area (TPSA) is 77.0 Å². The maximum atomic E-state index is 13.2. The van der Waals surface area contributed by atoms with Crippen LogP contribution in [0.15, 0.2) is 59.8 Å². The molecular formula is C24H31N5OS. The zero-order valence-corrected chi connectivity index (χ0v) is 19.7. The SMILES string of the molecule is CCN(CC)C(=O)[C@@H](Sc1nnc(-c2ccc(C(C)(C)C)cc2)n1N)c1ccccc1. The molecule has 1 aromatic heterocycles. The van der Waals surface area contributed by atoms with Gasteiger partial charge < -0.3 is 10.7 Å². The van der Waals surface area contributed by atoms with Crippen LogP contribution in [0.1, 0.15) is 51.0 Å². The Labute approximate surface area is 188 Å². The van der Waals surface area contributed by atoms with Gasteiger partial charge >= 0.3 is 0 Å². The van der Waals surface area contributed by atoms with Crippen molar-refractivity contribution in [3.05, 3.63) is 65.7 Å². The van der Waals surface area contributed by atoms with Crippen molar-refractivity contribution < 1.29 is 4.79 Å². The van der Waals surface area contributed by atoms with Gasteiger partial charge in [0.05, 0.1) is 0 Å². The fraction of sp³-hybridized carbons (Fsp3) is 0.375. The first kappa shape index (κ1) is 22.9. The van der Waals surface area contributed by atoms with E-state index >= 15 is 0 Å². The number of likely N-dealkylation sites (N-methyl/N-ethyl adjacent to an activating group) is 1. The van der Waals surface area contributed by atoms with Crippen LogP contribution in [0.5, 0.6) is 0 Å². The van der Waals surface area contributed by atoms with E-state index in [0.717, 1.165) is 11.1 Å². The second kappa shape index (κ2) is 9.56. The summed E-state index contributed by atoms with van der Waals surface area (Å²) in [6.45, 7) is 11.8. The predicted octanol–water partition coefficient (Wildman–Crippen LogP) is 4.66.